The van der Waals surface area contributed by atoms with Crippen molar-refractivity contribution in [2.75, 3.05) is 26.4 Å². The first kappa shape index (κ1) is 9.48. The van der Waals surface area contributed by atoms with E-state index in [1.165, 1.54) is 6.92 Å². The minimum absolute atomic E-state index is 0.236. The summed E-state index contributed by atoms with van der Waals surface area (Å²) in [5, 5.41) is 0. The Morgan fingerprint density at radius 1 is 1.58 bits per heavy atom. The predicted molar refractivity (Wildman–Crippen MR) is 41.8 cm³/mol. The van der Waals surface area contributed by atoms with Gasteiger partial charge in [-0.25, -0.2) is 0 Å². The molecule has 4 heteroatoms. The number of epoxide rings is 1. The third-order valence-corrected chi connectivity index (χ3v) is 1.44. The predicted octanol–water partition coefficient (Wildman–Crippen LogP) is 0.355. The molecule has 4 nitrogen and oxygen atoms in total. The summed E-state index contributed by atoms with van der Waals surface area (Å²) >= 11 is 0. The number of hydrogen-bond acceptors (Lipinski definition) is 4. The molecule has 0 radical (unpaired) electrons. The fourth-order valence-corrected chi connectivity index (χ4v) is 0.756. The molecule has 1 rings (SSSR count). The van der Waals surface area contributed by atoms with Gasteiger partial charge in [0.15, 0.2) is 0 Å². The minimum Gasteiger partial charge on any atom is -0.466 e. The number of carbonyl (C=O) groups excluding carboxylic acids is 1. The number of rotatable bonds is 6. The first-order valence-electron chi connectivity index (χ1n) is 4.12. The van der Waals surface area contributed by atoms with E-state index in [9.17, 15) is 4.79 Å². The molecule has 0 spiro atoms. The van der Waals surface area contributed by atoms with Crippen molar-refractivity contribution in [1.29, 1.82) is 0 Å². The zero-order chi connectivity index (χ0) is 8.81. The van der Waals surface area contributed by atoms with E-state index in [4.69, 9.17) is 14.2 Å². The zero-order valence-corrected chi connectivity index (χ0v) is 7.25. The molecule has 70 valence electrons. The molecule has 1 atom stereocenters. The second-order valence-corrected chi connectivity index (χ2v) is 2.72. The van der Waals surface area contributed by atoms with Crippen LogP contribution in [-0.4, -0.2) is 38.5 Å². The normalized spacial score (nSPS) is 20.6. The van der Waals surface area contributed by atoms with Crippen LogP contribution in [0.3, 0.4) is 0 Å². The molecule has 1 heterocycles. The lowest BCUT2D eigenvalue weighted by Gasteiger charge is -2.02. The van der Waals surface area contributed by atoms with Crippen molar-refractivity contribution >= 4 is 5.97 Å². The minimum atomic E-state index is -0.236. The molecule has 0 bridgehead atoms. The van der Waals surface area contributed by atoms with E-state index in [0.29, 0.717) is 25.9 Å². The molecule has 0 aromatic rings. The van der Waals surface area contributed by atoms with Gasteiger partial charge >= 0.3 is 5.97 Å². The summed E-state index contributed by atoms with van der Waals surface area (Å²) in [5.74, 6) is -0.236. The molecule has 1 unspecified atom stereocenters. The van der Waals surface area contributed by atoms with Crippen molar-refractivity contribution in [3.05, 3.63) is 0 Å². The molecule has 0 N–H and O–H groups in total. The molecular formula is C8H14O4. The summed E-state index contributed by atoms with van der Waals surface area (Å²) in [4.78, 5) is 10.3. The van der Waals surface area contributed by atoms with Crippen molar-refractivity contribution in [1.82, 2.24) is 0 Å². The highest BCUT2D eigenvalue weighted by atomic mass is 16.6. The second kappa shape index (κ2) is 5.11. The Morgan fingerprint density at radius 2 is 2.33 bits per heavy atom. The van der Waals surface area contributed by atoms with Crippen LogP contribution in [0, 0.1) is 0 Å². The van der Waals surface area contributed by atoms with Crippen LogP contribution in [-0.2, 0) is 19.0 Å². The average Bonchev–Trinajstić information content (AvgIpc) is 2.79. The molecule has 0 saturated carbocycles. The van der Waals surface area contributed by atoms with E-state index in [1.807, 2.05) is 0 Å². The van der Waals surface area contributed by atoms with Gasteiger partial charge in [-0.2, -0.15) is 0 Å². The number of ether oxygens (including phenoxy) is 3. The van der Waals surface area contributed by atoms with Gasteiger partial charge in [0.05, 0.1) is 19.8 Å². The topological polar surface area (TPSA) is 48.1 Å². The van der Waals surface area contributed by atoms with Crippen LogP contribution in [0.5, 0.6) is 0 Å². The van der Waals surface area contributed by atoms with Gasteiger partial charge in [0, 0.05) is 20.0 Å². The van der Waals surface area contributed by atoms with Gasteiger partial charge in [0.25, 0.3) is 0 Å². The van der Waals surface area contributed by atoms with E-state index >= 15 is 0 Å². The van der Waals surface area contributed by atoms with E-state index < -0.39 is 0 Å². The Kier molecular flexibility index (Phi) is 4.04. The lowest BCUT2D eigenvalue weighted by Crippen LogP contribution is -2.07. The SMILES string of the molecule is CC(=O)OCCCOCC1CO1. The summed E-state index contributed by atoms with van der Waals surface area (Å²) in [5.41, 5.74) is 0. The molecule has 0 aromatic carbocycles. The van der Waals surface area contributed by atoms with Gasteiger partial charge in [-0.05, 0) is 0 Å². The molecule has 12 heavy (non-hydrogen) atoms. The summed E-state index contributed by atoms with van der Waals surface area (Å²) in [6, 6.07) is 0. The fraction of sp³-hybridized carbons (Fsp3) is 0.875. The lowest BCUT2D eigenvalue weighted by molar-refractivity contribution is -0.141. The van der Waals surface area contributed by atoms with Crippen LogP contribution >= 0.6 is 0 Å². The van der Waals surface area contributed by atoms with Crippen LogP contribution in [0.25, 0.3) is 0 Å². The van der Waals surface area contributed by atoms with Crippen molar-refractivity contribution in [3.63, 3.8) is 0 Å². The Morgan fingerprint density at radius 3 is 2.92 bits per heavy atom. The van der Waals surface area contributed by atoms with E-state index in [0.717, 1.165) is 13.0 Å². The molecular weight excluding hydrogens is 160 g/mol. The molecule has 0 aliphatic carbocycles. The summed E-state index contributed by atoms with van der Waals surface area (Å²) in [6.07, 6.45) is 1.07. The van der Waals surface area contributed by atoms with Crippen molar-refractivity contribution in [3.8, 4) is 0 Å². The zero-order valence-electron chi connectivity index (χ0n) is 7.25. The number of esters is 1. The van der Waals surface area contributed by atoms with Crippen molar-refractivity contribution in [2.45, 2.75) is 19.4 Å². The second-order valence-electron chi connectivity index (χ2n) is 2.72. The highest BCUT2D eigenvalue weighted by Gasteiger charge is 2.21. The van der Waals surface area contributed by atoms with E-state index in [1.54, 1.807) is 0 Å². The fourth-order valence-electron chi connectivity index (χ4n) is 0.756. The van der Waals surface area contributed by atoms with Gasteiger partial charge in [0.2, 0.25) is 0 Å². The Labute approximate surface area is 71.8 Å². The first-order valence-corrected chi connectivity index (χ1v) is 4.12. The van der Waals surface area contributed by atoms with Crippen LogP contribution in [0.4, 0.5) is 0 Å². The highest BCUT2D eigenvalue weighted by Crippen LogP contribution is 2.08. The van der Waals surface area contributed by atoms with Crippen LogP contribution in [0.2, 0.25) is 0 Å². The largest absolute Gasteiger partial charge is 0.466 e. The smallest absolute Gasteiger partial charge is 0.302 e. The van der Waals surface area contributed by atoms with Crippen LogP contribution in [0.15, 0.2) is 0 Å². The quantitative estimate of drug-likeness (QED) is 0.331. The summed E-state index contributed by atoms with van der Waals surface area (Å²) in [7, 11) is 0. The average molecular weight is 174 g/mol. The number of carbonyl (C=O) groups is 1. The van der Waals surface area contributed by atoms with Gasteiger partial charge in [0.1, 0.15) is 6.10 Å². The molecule has 1 aliphatic rings. The number of hydrogen-bond donors (Lipinski definition) is 0. The van der Waals surface area contributed by atoms with Crippen molar-refractivity contribution in [2.24, 2.45) is 0 Å². The molecule has 0 amide bonds. The van der Waals surface area contributed by atoms with E-state index in [2.05, 4.69) is 0 Å². The Hall–Kier alpha value is -0.610. The molecule has 0 aromatic heterocycles. The van der Waals surface area contributed by atoms with Gasteiger partial charge < -0.3 is 14.2 Å². The highest BCUT2D eigenvalue weighted by molar-refractivity contribution is 5.65. The summed E-state index contributed by atoms with van der Waals surface area (Å²) < 4.78 is 14.9. The van der Waals surface area contributed by atoms with Gasteiger partial charge in [-0.1, -0.05) is 0 Å². The third kappa shape index (κ3) is 5.09. The van der Waals surface area contributed by atoms with Gasteiger partial charge in [-0.15, -0.1) is 0 Å². The Balaban J connectivity index is 1.73. The Bertz CT molecular complexity index is 142. The monoisotopic (exact) mass is 174 g/mol. The standard InChI is InChI=1S/C8H14O4/c1-7(9)11-4-2-3-10-5-8-6-12-8/h8H,2-6H2,1H3. The first-order chi connectivity index (χ1) is 5.79. The maximum absolute atomic E-state index is 10.3. The van der Waals surface area contributed by atoms with Crippen LogP contribution in [0.1, 0.15) is 13.3 Å². The maximum atomic E-state index is 10.3. The lowest BCUT2D eigenvalue weighted by atomic mass is 10.5. The van der Waals surface area contributed by atoms with Crippen molar-refractivity contribution < 1.29 is 19.0 Å². The van der Waals surface area contributed by atoms with Crippen LogP contribution < -0.4 is 0 Å². The molecule has 1 saturated heterocycles. The van der Waals surface area contributed by atoms with E-state index in [-0.39, 0.29) is 5.97 Å². The maximum Gasteiger partial charge on any atom is 0.302 e. The third-order valence-electron chi connectivity index (χ3n) is 1.44. The molecule has 1 aliphatic heterocycles. The molecule has 1 fully saturated rings. The summed E-state index contributed by atoms with van der Waals surface area (Å²) in [6.45, 7) is 3.97. The van der Waals surface area contributed by atoms with Gasteiger partial charge in [-0.3, -0.25) is 4.79 Å².